The van der Waals surface area contributed by atoms with Crippen LogP contribution in [0.15, 0.2) is 24.5 Å². The molecule has 0 bridgehead atoms. The molecule has 1 atom stereocenters. The van der Waals surface area contributed by atoms with Gasteiger partial charge in [-0.2, -0.15) is 5.26 Å². The first kappa shape index (κ1) is 10.4. The normalized spacial score (nSPS) is 14.1. The molecule has 1 unspecified atom stereocenters. The maximum absolute atomic E-state index is 11.3. The van der Waals surface area contributed by atoms with Crippen LogP contribution in [0, 0.1) is 16.7 Å². The van der Waals surface area contributed by atoms with Crippen LogP contribution in [0.5, 0.6) is 0 Å². The van der Waals surface area contributed by atoms with Gasteiger partial charge in [-0.1, -0.05) is 6.07 Å². The van der Waals surface area contributed by atoms with Crippen molar-refractivity contribution in [3.63, 3.8) is 0 Å². The Labute approximate surface area is 83.4 Å². The zero-order chi connectivity index (χ0) is 10.6. The molecular formula is C11H12N2O. The summed E-state index contributed by atoms with van der Waals surface area (Å²) in [6.45, 7) is 3.10. The predicted octanol–water partition coefficient (Wildman–Crippen LogP) is 1.74. The molecule has 72 valence electrons. The van der Waals surface area contributed by atoms with Crippen LogP contribution in [0.25, 0.3) is 0 Å². The first-order chi connectivity index (χ1) is 6.58. The highest BCUT2D eigenvalue weighted by Crippen LogP contribution is 2.22. The van der Waals surface area contributed by atoms with Crippen LogP contribution in [0.3, 0.4) is 0 Å². The fourth-order valence-electron chi connectivity index (χ4n) is 1.15. The topological polar surface area (TPSA) is 53.8 Å². The Morgan fingerprint density at radius 3 is 2.86 bits per heavy atom. The largest absolute Gasteiger partial charge is 0.298 e. The number of nitriles is 1. The highest BCUT2D eigenvalue weighted by molar-refractivity contribution is 5.85. The zero-order valence-corrected chi connectivity index (χ0v) is 8.32. The fraction of sp³-hybridized carbons (Fsp3) is 0.364. The summed E-state index contributed by atoms with van der Waals surface area (Å²) < 4.78 is 0. The van der Waals surface area contributed by atoms with Gasteiger partial charge in [0.25, 0.3) is 0 Å². The van der Waals surface area contributed by atoms with Gasteiger partial charge >= 0.3 is 0 Å². The van der Waals surface area contributed by atoms with E-state index in [9.17, 15) is 4.79 Å². The summed E-state index contributed by atoms with van der Waals surface area (Å²) in [6, 6.07) is 5.71. The van der Waals surface area contributed by atoms with E-state index < -0.39 is 5.41 Å². The average Bonchev–Trinajstić information content (AvgIpc) is 2.19. The molecule has 0 aliphatic rings. The second-order valence-corrected chi connectivity index (χ2v) is 3.54. The minimum absolute atomic E-state index is 0.108. The van der Waals surface area contributed by atoms with Gasteiger partial charge < -0.3 is 0 Å². The third-order valence-electron chi connectivity index (χ3n) is 2.30. The second-order valence-electron chi connectivity index (χ2n) is 3.54. The van der Waals surface area contributed by atoms with Crippen LogP contribution < -0.4 is 0 Å². The Hall–Kier alpha value is -1.69. The number of carbonyl (C=O) groups is 1. The van der Waals surface area contributed by atoms with Crippen molar-refractivity contribution in [1.82, 2.24) is 4.98 Å². The molecule has 0 aliphatic carbocycles. The lowest BCUT2D eigenvalue weighted by atomic mass is 9.82. The molecule has 0 fully saturated rings. The van der Waals surface area contributed by atoms with Gasteiger partial charge in [-0.25, -0.2) is 0 Å². The lowest BCUT2D eigenvalue weighted by Crippen LogP contribution is -2.26. The highest BCUT2D eigenvalue weighted by Gasteiger charge is 2.29. The van der Waals surface area contributed by atoms with Gasteiger partial charge in [0, 0.05) is 12.4 Å². The molecular weight excluding hydrogens is 176 g/mol. The SMILES string of the molecule is CC(=O)C(C)(C#N)Cc1cccnc1. The highest BCUT2D eigenvalue weighted by atomic mass is 16.1. The van der Waals surface area contributed by atoms with Crippen LogP contribution in [0.4, 0.5) is 0 Å². The molecule has 1 aromatic rings. The summed E-state index contributed by atoms with van der Waals surface area (Å²) >= 11 is 0. The molecule has 0 N–H and O–H groups in total. The van der Waals surface area contributed by atoms with Crippen molar-refractivity contribution in [2.45, 2.75) is 20.3 Å². The molecule has 0 radical (unpaired) electrons. The van der Waals surface area contributed by atoms with Crippen molar-refractivity contribution >= 4 is 5.78 Å². The molecule has 1 heterocycles. The number of carbonyl (C=O) groups excluding carboxylic acids is 1. The molecule has 0 spiro atoms. The number of aromatic nitrogens is 1. The summed E-state index contributed by atoms with van der Waals surface area (Å²) in [5.41, 5.74) is -0.0185. The van der Waals surface area contributed by atoms with Crippen molar-refractivity contribution in [3.8, 4) is 6.07 Å². The first-order valence-electron chi connectivity index (χ1n) is 4.40. The van der Waals surface area contributed by atoms with E-state index >= 15 is 0 Å². The Morgan fingerprint density at radius 2 is 2.43 bits per heavy atom. The van der Waals surface area contributed by atoms with E-state index in [1.54, 1.807) is 25.4 Å². The van der Waals surface area contributed by atoms with E-state index in [2.05, 4.69) is 4.98 Å². The second kappa shape index (κ2) is 4.01. The van der Waals surface area contributed by atoms with Crippen LogP contribution >= 0.6 is 0 Å². The molecule has 3 heteroatoms. The van der Waals surface area contributed by atoms with Crippen molar-refractivity contribution in [3.05, 3.63) is 30.1 Å². The van der Waals surface area contributed by atoms with Gasteiger partial charge in [0.05, 0.1) is 6.07 Å². The minimum Gasteiger partial charge on any atom is -0.298 e. The maximum atomic E-state index is 11.3. The maximum Gasteiger partial charge on any atom is 0.150 e. The quantitative estimate of drug-likeness (QED) is 0.726. The fourth-order valence-corrected chi connectivity index (χ4v) is 1.15. The molecule has 0 saturated carbocycles. The van der Waals surface area contributed by atoms with Crippen molar-refractivity contribution in [2.75, 3.05) is 0 Å². The van der Waals surface area contributed by atoms with Crippen LogP contribution in [-0.2, 0) is 11.2 Å². The molecule has 14 heavy (non-hydrogen) atoms. The van der Waals surface area contributed by atoms with Gasteiger partial charge in [0.1, 0.15) is 11.2 Å². The van der Waals surface area contributed by atoms with Crippen LogP contribution in [-0.4, -0.2) is 10.8 Å². The number of hydrogen-bond acceptors (Lipinski definition) is 3. The van der Waals surface area contributed by atoms with Crippen molar-refractivity contribution in [1.29, 1.82) is 5.26 Å². The van der Waals surface area contributed by atoms with E-state index in [0.717, 1.165) is 5.56 Å². The van der Waals surface area contributed by atoms with Gasteiger partial charge in [-0.3, -0.25) is 9.78 Å². The Kier molecular flexibility index (Phi) is 2.98. The summed E-state index contributed by atoms with van der Waals surface area (Å²) in [4.78, 5) is 15.2. The van der Waals surface area contributed by atoms with E-state index in [1.807, 2.05) is 12.1 Å². The summed E-state index contributed by atoms with van der Waals surface area (Å²) in [5.74, 6) is -0.108. The molecule has 0 aromatic carbocycles. The Morgan fingerprint density at radius 1 is 1.71 bits per heavy atom. The van der Waals surface area contributed by atoms with E-state index in [1.165, 1.54) is 6.92 Å². The minimum atomic E-state index is -0.928. The number of hydrogen-bond donors (Lipinski definition) is 0. The Balaban J connectivity index is 2.88. The van der Waals surface area contributed by atoms with E-state index in [-0.39, 0.29) is 5.78 Å². The smallest absolute Gasteiger partial charge is 0.150 e. The van der Waals surface area contributed by atoms with Gasteiger partial charge in [0.2, 0.25) is 0 Å². The predicted molar refractivity (Wildman–Crippen MR) is 52.3 cm³/mol. The monoisotopic (exact) mass is 188 g/mol. The van der Waals surface area contributed by atoms with Crippen LogP contribution in [0.2, 0.25) is 0 Å². The van der Waals surface area contributed by atoms with Crippen LogP contribution in [0.1, 0.15) is 19.4 Å². The molecule has 3 nitrogen and oxygen atoms in total. The summed E-state index contributed by atoms with van der Waals surface area (Å²) in [7, 11) is 0. The summed E-state index contributed by atoms with van der Waals surface area (Å²) in [5, 5.41) is 8.93. The molecule has 1 rings (SSSR count). The lowest BCUT2D eigenvalue weighted by molar-refractivity contribution is -0.123. The Bertz CT molecular complexity index is 367. The lowest BCUT2D eigenvalue weighted by Gasteiger charge is -2.17. The standard InChI is InChI=1S/C11H12N2O/c1-9(14)11(2,8-12)6-10-4-3-5-13-7-10/h3-5,7H,6H2,1-2H3. The molecule has 0 amide bonds. The number of rotatable bonds is 3. The van der Waals surface area contributed by atoms with Gasteiger partial charge in [-0.05, 0) is 31.9 Å². The van der Waals surface area contributed by atoms with Crippen molar-refractivity contribution < 1.29 is 4.79 Å². The number of pyridine rings is 1. The third kappa shape index (κ3) is 2.17. The van der Waals surface area contributed by atoms with Crippen molar-refractivity contribution in [2.24, 2.45) is 5.41 Å². The van der Waals surface area contributed by atoms with Gasteiger partial charge in [-0.15, -0.1) is 0 Å². The third-order valence-corrected chi connectivity index (χ3v) is 2.30. The zero-order valence-electron chi connectivity index (χ0n) is 8.32. The average molecular weight is 188 g/mol. The molecule has 0 aliphatic heterocycles. The first-order valence-corrected chi connectivity index (χ1v) is 4.40. The number of ketones is 1. The van der Waals surface area contributed by atoms with E-state index in [0.29, 0.717) is 6.42 Å². The molecule has 0 saturated heterocycles. The number of nitrogens with zero attached hydrogens (tertiary/aromatic N) is 2. The van der Waals surface area contributed by atoms with Gasteiger partial charge in [0.15, 0.2) is 0 Å². The summed E-state index contributed by atoms with van der Waals surface area (Å²) in [6.07, 6.45) is 3.77. The molecule has 1 aromatic heterocycles. The number of Topliss-reactive ketones (excluding diaryl/α,β-unsaturated/α-hetero) is 1. The van der Waals surface area contributed by atoms with E-state index in [4.69, 9.17) is 5.26 Å².